The van der Waals surface area contributed by atoms with E-state index < -0.39 is 0 Å². The van der Waals surface area contributed by atoms with Gasteiger partial charge in [-0.3, -0.25) is 8.97 Å². The van der Waals surface area contributed by atoms with Crippen molar-refractivity contribution in [1.29, 1.82) is 0 Å². The minimum atomic E-state index is 0.372. The summed E-state index contributed by atoms with van der Waals surface area (Å²) < 4.78 is 11.1. The van der Waals surface area contributed by atoms with Crippen LogP contribution in [-0.2, 0) is 0 Å². The van der Waals surface area contributed by atoms with Crippen molar-refractivity contribution in [1.82, 2.24) is 18.9 Å². The lowest BCUT2D eigenvalue weighted by Crippen LogP contribution is -2.02. The summed E-state index contributed by atoms with van der Waals surface area (Å²) in [7, 11) is 0. The van der Waals surface area contributed by atoms with Crippen LogP contribution in [0.15, 0.2) is 134 Å². The summed E-state index contributed by atoms with van der Waals surface area (Å²) >= 11 is 0. The second kappa shape index (κ2) is 11.3. The molecule has 4 heterocycles. The number of imidazole rings is 1. The fraction of sp³-hybridized carbons (Fsp3) is 0.136. The number of para-hydroxylation sites is 3. The quantitative estimate of drug-likeness (QED) is 0.171. The molecule has 0 spiro atoms. The van der Waals surface area contributed by atoms with Crippen LogP contribution in [0.5, 0.6) is 11.6 Å². The molecule has 5 heteroatoms. The second-order valence-electron chi connectivity index (χ2n) is 13.5. The maximum absolute atomic E-state index is 6.57. The first-order chi connectivity index (χ1) is 24.0. The van der Waals surface area contributed by atoms with Crippen LogP contribution in [0, 0.1) is 0 Å². The minimum Gasteiger partial charge on any atom is -0.439 e. The predicted octanol–water partition coefficient (Wildman–Crippen LogP) is 11.8. The van der Waals surface area contributed by atoms with Crippen LogP contribution in [0.2, 0.25) is 0 Å². The van der Waals surface area contributed by atoms with Gasteiger partial charge in [-0.25, -0.2) is 4.98 Å². The van der Waals surface area contributed by atoms with Crippen molar-refractivity contribution < 1.29 is 4.74 Å². The molecule has 4 aromatic heterocycles. The molecule has 9 rings (SSSR count). The fourth-order valence-electron chi connectivity index (χ4n) is 7.55. The van der Waals surface area contributed by atoms with E-state index in [9.17, 15) is 0 Å². The Labute approximate surface area is 285 Å². The number of hydrogen-bond acceptors (Lipinski definition) is 3. The normalized spacial score (nSPS) is 12.0. The van der Waals surface area contributed by atoms with E-state index in [1.165, 1.54) is 22.1 Å². The van der Waals surface area contributed by atoms with Crippen LogP contribution >= 0.6 is 0 Å². The van der Waals surface area contributed by atoms with Crippen LogP contribution in [0.1, 0.15) is 50.7 Å². The van der Waals surface area contributed by atoms with E-state index in [1.807, 2.05) is 18.2 Å². The summed E-state index contributed by atoms with van der Waals surface area (Å²) in [5, 5.41) is 5.60. The zero-order valence-corrected chi connectivity index (χ0v) is 28.1. The van der Waals surface area contributed by atoms with Crippen molar-refractivity contribution in [2.24, 2.45) is 0 Å². The Kier molecular flexibility index (Phi) is 6.76. The van der Waals surface area contributed by atoms with Crippen molar-refractivity contribution in [3.63, 3.8) is 0 Å². The smallest absolute Gasteiger partial charge is 0.221 e. The molecule has 49 heavy (non-hydrogen) atoms. The molecule has 0 atom stereocenters. The van der Waals surface area contributed by atoms with Crippen molar-refractivity contribution >= 4 is 49.3 Å². The fourth-order valence-corrected chi connectivity index (χ4v) is 7.55. The molecule has 0 fully saturated rings. The Bertz CT molecular complexity index is 2670. The molecule has 5 aromatic carbocycles. The zero-order valence-electron chi connectivity index (χ0n) is 28.1. The number of hydrogen-bond donors (Lipinski definition) is 0. The van der Waals surface area contributed by atoms with E-state index in [2.05, 4.69) is 152 Å². The standard InChI is InChI=1S/C44H36N4O/c1-27(2)31-17-12-18-32(28(3)4)42(31)40-26-45-43-37-25-30(21-22-33(37)34-15-8-11-20-39(34)48(40)43)49-41-24-23-36-35-16-9-10-19-38(35)47(44(36)46-41)29-13-6-5-7-14-29/h5-28H,1-4H3. The lowest BCUT2D eigenvalue weighted by Gasteiger charge is -2.20. The summed E-state index contributed by atoms with van der Waals surface area (Å²) in [6, 6.07) is 44.6. The average Bonchev–Trinajstić information content (AvgIpc) is 3.72. The Morgan fingerprint density at radius 1 is 0.551 bits per heavy atom. The number of benzene rings is 5. The van der Waals surface area contributed by atoms with E-state index in [-0.39, 0.29) is 0 Å². The summed E-state index contributed by atoms with van der Waals surface area (Å²) in [6.07, 6.45) is 2.06. The largest absolute Gasteiger partial charge is 0.439 e. The molecular formula is C44H36N4O. The Hall–Kier alpha value is -5.94. The van der Waals surface area contributed by atoms with Crippen LogP contribution in [0.4, 0.5) is 0 Å². The molecule has 0 bridgehead atoms. The van der Waals surface area contributed by atoms with Gasteiger partial charge in [0.05, 0.1) is 22.9 Å². The van der Waals surface area contributed by atoms with Gasteiger partial charge in [0, 0.05) is 38.9 Å². The van der Waals surface area contributed by atoms with Gasteiger partial charge in [-0.15, -0.1) is 0 Å². The first-order valence-electron chi connectivity index (χ1n) is 17.1. The number of fused-ring (bicyclic) bond motifs is 9. The van der Waals surface area contributed by atoms with E-state index >= 15 is 0 Å². The number of nitrogens with zero attached hydrogens (tertiary/aromatic N) is 4. The predicted molar refractivity (Wildman–Crippen MR) is 202 cm³/mol. The minimum absolute atomic E-state index is 0.372. The van der Waals surface area contributed by atoms with E-state index in [0.717, 1.165) is 55.3 Å². The number of ether oxygens (including phenoxy) is 1. The highest BCUT2D eigenvalue weighted by molar-refractivity contribution is 6.13. The topological polar surface area (TPSA) is 44.3 Å². The molecule has 0 amide bonds. The molecule has 238 valence electrons. The van der Waals surface area contributed by atoms with Gasteiger partial charge < -0.3 is 4.74 Å². The highest BCUT2D eigenvalue weighted by Gasteiger charge is 2.22. The third-order valence-electron chi connectivity index (χ3n) is 9.79. The third kappa shape index (κ3) is 4.61. The Morgan fingerprint density at radius 2 is 1.20 bits per heavy atom. The van der Waals surface area contributed by atoms with Gasteiger partial charge in [0.15, 0.2) is 0 Å². The van der Waals surface area contributed by atoms with Crippen LogP contribution in [0.25, 0.3) is 66.2 Å². The molecule has 0 radical (unpaired) electrons. The SMILES string of the molecule is CC(C)c1cccc(C(C)C)c1-c1cnc2c3cc(Oc4ccc5c6ccccc6n(-c6ccccc6)c5n4)ccc3c3ccccc3n12. The highest BCUT2D eigenvalue weighted by atomic mass is 16.5. The summed E-state index contributed by atoms with van der Waals surface area (Å²) in [6.45, 7) is 9.09. The summed E-state index contributed by atoms with van der Waals surface area (Å²) in [5.41, 5.74) is 10.2. The van der Waals surface area contributed by atoms with E-state index in [1.54, 1.807) is 0 Å². The molecule has 0 aliphatic carbocycles. The van der Waals surface area contributed by atoms with Crippen molar-refractivity contribution in [2.75, 3.05) is 0 Å². The summed E-state index contributed by atoms with van der Waals surface area (Å²) in [4.78, 5) is 10.2. The molecule has 0 aliphatic heterocycles. The third-order valence-corrected chi connectivity index (χ3v) is 9.79. The van der Waals surface area contributed by atoms with Crippen molar-refractivity contribution in [2.45, 2.75) is 39.5 Å². The molecule has 0 N–H and O–H groups in total. The van der Waals surface area contributed by atoms with E-state index in [4.69, 9.17) is 14.7 Å². The number of aromatic nitrogens is 4. The Morgan fingerprint density at radius 3 is 1.94 bits per heavy atom. The van der Waals surface area contributed by atoms with E-state index in [0.29, 0.717) is 23.5 Å². The van der Waals surface area contributed by atoms with Crippen LogP contribution < -0.4 is 4.74 Å². The van der Waals surface area contributed by atoms with Gasteiger partial charge in [0.1, 0.15) is 17.0 Å². The molecule has 0 saturated carbocycles. The first kappa shape index (κ1) is 29.2. The van der Waals surface area contributed by atoms with Gasteiger partial charge in [-0.2, -0.15) is 4.98 Å². The maximum Gasteiger partial charge on any atom is 0.221 e. The lowest BCUT2D eigenvalue weighted by molar-refractivity contribution is 0.465. The highest BCUT2D eigenvalue weighted by Crippen LogP contribution is 2.41. The Balaban J connectivity index is 1.23. The first-order valence-corrected chi connectivity index (χ1v) is 17.1. The van der Waals surface area contributed by atoms with Crippen LogP contribution in [0.3, 0.4) is 0 Å². The maximum atomic E-state index is 6.57. The van der Waals surface area contributed by atoms with Crippen molar-refractivity contribution in [3.05, 3.63) is 145 Å². The second-order valence-corrected chi connectivity index (χ2v) is 13.5. The lowest BCUT2D eigenvalue weighted by atomic mass is 9.87. The molecular weight excluding hydrogens is 601 g/mol. The number of rotatable bonds is 6. The molecule has 0 unspecified atom stereocenters. The zero-order chi connectivity index (χ0) is 33.2. The van der Waals surface area contributed by atoms with Gasteiger partial charge in [0.2, 0.25) is 5.88 Å². The van der Waals surface area contributed by atoms with Gasteiger partial charge in [0.25, 0.3) is 0 Å². The molecule has 0 aliphatic rings. The monoisotopic (exact) mass is 636 g/mol. The van der Waals surface area contributed by atoms with Gasteiger partial charge in [-0.1, -0.05) is 100 Å². The number of pyridine rings is 2. The van der Waals surface area contributed by atoms with Crippen molar-refractivity contribution in [3.8, 4) is 28.6 Å². The molecule has 5 nitrogen and oxygen atoms in total. The average molecular weight is 637 g/mol. The molecule has 9 aromatic rings. The molecule has 0 saturated heterocycles. The van der Waals surface area contributed by atoms with Crippen LogP contribution in [-0.4, -0.2) is 18.9 Å². The van der Waals surface area contributed by atoms with Gasteiger partial charge >= 0.3 is 0 Å². The van der Waals surface area contributed by atoms with Gasteiger partial charge in [-0.05, 0) is 76.9 Å². The summed E-state index contributed by atoms with van der Waals surface area (Å²) in [5.74, 6) is 2.00.